The van der Waals surface area contributed by atoms with Crippen molar-refractivity contribution in [1.29, 1.82) is 0 Å². The Kier molecular flexibility index (Phi) is 2.82. The summed E-state index contributed by atoms with van der Waals surface area (Å²) in [5, 5.41) is 4.05. The maximum atomic E-state index is 5.69. The van der Waals surface area contributed by atoms with E-state index in [-0.39, 0.29) is 0 Å². The van der Waals surface area contributed by atoms with Crippen molar-refractivity contribution in [2.75, 3.05) is 11.5 Å². The minimum Gasteiger partial charge on any atom is -0.396 e. The number of aromatic nitrogens is 2. The number of nitrogen functional groups attached to an aromatic ring is 1. The predicted octanol–water partition coefficient (Wildman–Crippen LogP) is 1.26. The van der Waals surface area contributed by atoms with E-state index in [0.717, 1.165) is 22.9 Å². The summed E-state index contributed by atoms with van der Waals surface area (Å²) in [6.07, 6.45) is 1.70. The van der Waals surface area contributed by atoms with Crippen molar-refractivity contribution in [2.45, 2.75) is 12.7 Å². The average Bonchev–Trinajstić information content (AvgIpc) is 2.29. The molecule has 0 spiro atoms. The third-order valence-corrected chi connectivity index (χ3v) is 2.42. The first-order chi connectivity index (χ1) is 5.25. The molecule has 1 aromatic rings. The Morgan fingerprint density at radius 1 is 1.73 bits per heavy atom. The number of nitrogens with two attached hydrogens (primary N) is 1. The molecule has 1 heterocycles. The molecule has 0 unspecified atom stereocenters. The highest BCUT2D eigenvalue weighted by molar-refractivity contribution is 7.98. The molecule has 62 valence electrons. The van der Waals surface area contributed by atoms with Crippen LogP contribution in [0, 0.1) is 0 Å². The first kappa shape index (κ1) is 8.46. The van der Waals surface area contributed by atoms with Gasteiger partial charge in [-0.1, -0.05) is 6.92 Å². The summed E-state index contributed by atoms with van der Waals surface area (Å²) in [7, 11) is 1.92. The third-order valence-electron chi connectivity index (χ3n) is 1.54. The van der Waals surface area contributed by atoms with Crippen LogP contribution in [0.25, 0.3) is 0 Å². The van der Waals surface area contributed by atoms with Crippen molar-refractivity contribution in [3.8, 4) is 0 Å². The van der Waals surface area contributed by atoms with Crippen molar-refractivity contribution >= 4 is 17.4 Å². The van der Waals surface area contributed by atoms with Gasteiger partial charge >= 0.3 is 0 Å². The fraction of sp³-hybridized carbons (Fsp3) is 0.571. The van der Waals surface area contributed by atoms with Crippen LogP contribution >= 0.6 is 11.8 Å². The van der Waals surface area contributed by atoms with Gasteiger partial charge in [-0.15, -0.1) is 0 Å². The fourth-order valence-electron chi connectivity index (χ4n) is 0.855. The standard InChI is InChI=1S/C7H13N3S/c1-3-11-5-7-6(8)4-9-10(7)2/h4H,3,5,8H2,1-2H3. The average molecular weight is 171 g/mol. The molecule has 0 aliphatic rings. The molecule has 0 radical (unpaired) electrons. The van der Waals surface area contributed by atoms with Crippen LogP contribution in [0.1, 0.15) is 12.6 Å². The second-order valence-corrected chi connectivity index (χ2v) is 3.58. The first-order valence-electron chi connectivity index (χ1n) is 3.59. The van der Waals surface area contributed by atoms with E-state index in [1.807, 2.05) is 23.5 Å². The van der Waals surface area contributed by atoms with Gasteiger partial charge in [-0.3, -0.25) is 4.68 Å². The first-order valence-corrected chi connectivity index (χ1v) is 4.75. The van der Waals surface area contributed by atoms with Crippen LogP contribution in [-0.4, -0.2) is 15.5 Å². The van der Waals surface area contributed by atoms with Gasteiger partial charge in [0.1, 0.15) is 0 Å². The van der Waals surface area contributed by atoms with Gasteiger partial charge in [0.05, 0.1) is 17.6 Å². The molecule has 2 N–H and O–H groups in total. The largest absolute Gasteiger partial charge is 0.396 e. The minimum atomic E-state index is 0.799. The fourth-order valence-corrected chi connectivity index (χ4v) is 1.61. The molecule has 1 aromatic heterocycles. The van der Waals surface area contributed by atoms with Crippen molar-refractivity contribution in [2.24, 2.45) is 7.05 Å². The topological polar surface area (TPSA) is 43.8 Å². The molecule has 4 heteroatoms. The molecule has 0 aliphatic carbocycles. The minimum absolute atomic E-state index is 0.799. The van der Waals surface area contributed by atoms with E-state index in [2.05, 4.69) is 12.0 Å². The summed E-state index contributed by atoms with van der Waals surface area (Å²) in [5.41, 5.74) is 7.61. The van der Waals surface area contributed by atoms with Crippen LogP contribution in [0.5, 0.6) is 0 Å². The van der Waals surface area contributed by atoms with Crippen molar-refractivity contribution < 1.29 is 0 Å². The number of thioether (sulfide) groups is 1. The van der Waals surface area contributed by atoms with E-state index in [1.165, 1.54) is 0 Å². The number of hydrogen-bond donors (Lipinski definition) is 1. The van der Waals surface area contributed by atoms with Gasteiger partial charge in [-0.05, 0) is 5.75 Å². The molecule has 0 aromatic carbocycles. The normalized spacial score (nSPS) is 10.4. The number of anilines is 1. The van der Waals surface area contributed by atoms with Gasteiger partial charge in [-0.25, -0.2) is 0 Å². The number of aryl methyl sites for hydroxylation is 1. The van der Waals surface area contributed by atoms with Crippen molar-refractivity contribution in [3.63, 3.8) is 0 Å². The zero-order valence-corrected chi connectivity index (χ0v) is 7.69. The quantitative estimate of drug-likeness (QED) is 0.744. The lowest BCUT2D eigenvalue weighted by Crippen LogP contribution is -1.98. The van der Waals surface area contributed by atoms with Crippen LogP contribution in [0.3, 0.4) is 0 Å². The van der Waals surface area contributed by atoms with Gasteiger partial charge in [0.2, 0.25) is 0 Å². The van der Waals surface area contributed by atoms with Crippen LogP contribution in [0.15, 0.2) is 6.20 Å². The zero-order valence-electron chi connectivity index (χ0n) is 6.87. The lowest BCUT2D eigenvalue weighted by Gasteiger charge is -2.00. The second-order valence-electron chi connectivity index (χ2n) is 2.31. The van der Waals surface area contributed by atoms with Gasteiger partial charge in [-0.2, -0.15) is 16.9 Å². The molecule has 0 atom stereocenters. The van der Waals surface area contributed by atoms with Gasteiger partial charge in [0.25, 0.3) is 0 Å². The molecular weight excluding hydrogens is 158 g/mol. The summed E-state index contributed by atoms with van der Waals surface area (Å²) in [6.45, 7) is 2.14. The summed E-state index contributed by atoms with van der Waals surface area (Å²) in [4.78, 5) is 0. The Morgan fingerprint density at radius 2 is 2.45 bits per heavy atom. The molecule has 0 bridgehead atoms. The Balaban J connectivity index is 2.67. The maximum Gasteiger partial charge on any atom is 0.0741 e. The smallest absolute Gasteiger partial charge is 0.0741 e. The van der Waals surface area contributed by atoms with E-state index in [0.29, 0.717) is 0 Å². The molecular formula is C7H13N3S. The number of hydrogen-bond acceptors (Lipinski definition) is 3. The van der Waals surface area contributed by atoms with E-state index < -0.39 is 0 Å². The van der Waals surface area contributed by atoms with Gasteiger partial charge < -0.3 is 5.73 Å². The summed E-state index contributed by atoms with van der Waals surface area (Å²) < 4.78 is 1.83. The summed E-state index contributed by atoms with van der Waals surface area (Å²) in [5.74, 6) is 2.07. The van der Waals surface area contributed by atoms with E-state index in [4.69, 9.17) is 5.73 Å². The second kappa shape index (κ2) is 3.67. The molecule has 0 aliphatic heterocycles. The highest BCUT2D eigenvalue weighted by Crippen LogP contribution is 2.16. The highest BCUT2D eigenvalue weighted by Gasteiger charge is 2.03. The van der Waals surface area contributed by atoms with Crippen LogP contribution < -0.4 is 5.73 Å². The van der Waals surface area contributed by atoms with E-state index in [9.17, 15) is 0 Å². The molecule has 0 fully saturated rings. The third kappa shape index (κ3) is 1.89. The summed E-state index contributed by atoms with van der Waals surface area (Å²) >= 11 is 1.85. The Bertz CT molecular complexity index is 212. The van der Waals surface area contributed by atoms with E-state index in [1.54, 1.807) is 6.20 Å². The molecule has 1 rings (SSSR count). The van der Waals surface area contributed by atoms with Gasteiger partial charge in [0.15, 0.2) is 0 Å². The van der Waals surface area contributed by atoms with Crippen molar-refractivity contribution in [1.82, 2.24) is 9.78 Å². The van der Waals surface area contributed by atoms with Crippen molar-refractivity contribution in [3.05, 3.63) is 11.9 Å². The van der Waals surface area contributed by atoms with Crippen LogP contribution in [0.2, 0.25) is 0 Å². The Labute approximate surface area is 71.0 Å². The number of rotatable bonds is 3. The molecule has 11 heavy (non-hydrogen) atoms. The number of nitrogens with zero attached hydrogens (tertiary/aromatic N) is 2. The zero-order chi connectivity index (χ0) is 8.27. The van der Waals surface area contributed by atoms with Crippen LogP contribution in [0.4, 0.5) is 5.69 Å². The lowest BCUT2D eigenvalue weighted by molar-refractivity contribution is 0.737. The summed E-state index contributed by atoms with van der Waals surface area (Å²) in [6, 6.07) is 0. The Morgan fingerprint density at radius 3 is 2.91 bits per heavy atom. The maximum absolute atomic E-state index is 5.69. The molecule has 0 saturated heterocycles. The SMILES string of the molecule is CCSCc1c(N)cnn1C. The highest BCUT2D eigenvalue weighted by atomic mass is 32.2. The van der Waals surface area contributed by atoms with Crippen LogP contribution in [-0.2, 0) is 12.8 Å². The predicted molar refractivity (Wildman–Crippen MR) is 49.5 cm³/mol. The molecule has 0 saturated carbocycles. The van der Waals surface area contributed by atoms with Gasteiger partial charge in [0, 0.05) is 12.8 Å². The molecule has 3 nitrogen and oxygen atoms in total. The van der Waals surface area contributed by atoms with E-state index >= 15 is 0 Å². The lowest BCUT2D eigenvalue weighted by atomic mass is 10.4. The molecule has 0 amide bonds. The Hall–Kier alpha value is -0.640. The monoisotopic (exact) mass is 171 g/mol.